The fourth-order valence-corrected chi connectivity index (χ4v) is 3.88. The van der Waals surface area contributed by atoms with Crippen molar-refractivity contribution in [3.63, 3.8) is 0 Å². The second-order valence-corrected chi connectivity index (χ2v) is 7.57. The maximum Gasteiger partial charge on any atom is 0.253 e. The van der Waals surface area contributed by atoms with Crippen LogP contribution in [0.3, 0.4) is 0 Å². The summed E-state index contributed by atoms with van der Waals surface area (Å²) in [6.45, 7) is 1.51. The van der Waals surface area contributed by atoms with Crippen molar-refractivity contribution >= 4 is 17.0 Å². The number of aliphatic hydroxyl groups excluding tert-OH is 1. The number of aromatic nitrogens is 1. The topological polar surface area (TPSA) is 66.6 Å². The maximum atomic E-state index is 12.8. The van der Waals surface area contributed by atoms with Gasteiger partial charge in [-0.1, -0.05) is 30.3 Å². The van der Waals surface area contributed by atoms with Gasteiger partial charge in [0.05, 0.1) is 0 Å². The van der Waals surface area contributed by atoms with Gasteiger partial charge in [-0.3, -0.25) is 4.79 Å². The fraction of sp³-hybridized carbons (Fsp3) is 0.391. The summed E-state index contributed by atoms with van der Waals surface area (Å²) in [5.41, 5.74) is 3.40. The van der Waals surface area contributed by atoms with Crippen LogP contribution >= 0.6 is 0 Å². The Hall–Kier alpha value is -2.66. The lowest BCUT2D eigenvalue weighted by molar-refractivity contribution is 0.0621. The highest BCUT2D eigenvalue weighted by Crippen LogP contribution is 2.22. The monoisotopic (exact) mass is 378 g/mol. The van der Waals surface area contributed by atoms with Crippen LogP contribution in [0.2, 0.25) is 0 Å². The van der Waals surface area contributed by atoms with Crippen LogP contribution in [0.1, 0.15) is 41.1 Å². The number of hydrogen-bond donors (Lipinski definition) is 1. The van der Waals surface area contributed by atoms with Gasteiger partial charge >= 0.3 is 0 Å². The van der Waals surface area contributed by atoms with E-state index in [-0.39, 0.29) is 18.4 Å². The molecule has 3 aromatic rings. The predicted octanol–water partition coefficient (Wildman–Crippen LogP) is 3.85. The number of likely N-dealkylation sites (tertiary alicyclic amines) is 1. The molecule has 28 heavy (non-hydrogen) atoms. The van der Waals surface area contributed by atoms with Crippen LogP contribution < -0.4 is 0 Å². The van der Waals surface area contributed by atoms with E-state index in [1.807, 2.05) is 29.2 Å². The van der Waals surface area contributed by atoms with Crippen molar-refractivity contribution in [3.05, 3.63) is 65.5 Å². The normalized spacial score (nSPS) is 17.2. The number of nitrogens with zero attached hydrogens (tertiary/aromatic N) is 2. The first-order valence-corrected chi connectivity index (χ1v) is 10.1. The Labute approximate surface area is 165 Å². The summed E-state index contributed by atoms with van der Waals surface area (Å²) in [6, 6.07) is 15.9. The smallest absolute Gasteiger partial charge is 0.253 e. The molecule has 0 radical (unpaired) electrons. The zero-order valence-corrected chi connectivity index (χ0v) is 16.0. The third-order valence-corrected chi connectivity index (χ3v) is 5.44. The van der Waals surface area contributed by atoms with E-state index in [1.54, 1.807) is 0 Å². The van der Waals surface area contributed by atoms with E-state index in [0.717, 1.165) is 49.7 Å². The fourth-order valence-electron chi connectivity index (χ4n) is 3.88. The molecule has 1 amide bonds. The summed E-state index contributed by atoms with van der Waals surface area (Å²) >= 11 is 0. The summed E-state index contributed by atoms with van der Waals surface area (Å²) in [7, 11) is 0. The van der Waals surface area contributed by atoms with Crippen LogP contribution in [-0.4, -0.2) is 40.6 Å². The van der Waals surface area contributed by atoms with E-state index >= 15 is 0 Å². The predicted molar refractivity (Wildman–Crippen MR) is 108 cm³/mol. The first-order valence-electron chi connectivity index (χ1n) is 10.1. The minimum absolute atomic E-state index is 0.00803. The van der Waals surface area contributed by atoms with Gasteiger partial charge < -0.3 is 14.4 Å². The molecule has 0 aliphatic carbocycles. The second-order valence-electron chi connectivity index (χ2n) is 7.57. The number of benzene rings is 2. The van der Waals surface area contributed by atoms with E-state index in [2.05, 4.69) is 29.2 Å². The Morgan fingerprint density at radius 3 is 2.86 bits per heavy atom. The van der Waals surface area contributed by atoms with Crippen LogP contribution in [0.4, 0.5) is 0 Å². The number of amides is 1. The minimum Gasteiger partial charge on any atom is -0.441 e. The van der Waals surface area contributed by atoms with E-state index in [0.29, 0.717) is 18.0 Å². The number of piperidine rings is 1. The SMILES string of the molecule is O=C(c1ccc2oc(CCCc3ccccc3)nc2c1)N1CCCC(CO)C1. The van der Waals surface area contributed by atoms with Crippen molar-refractivity contribution in [1.82, 2.24) is 9.88 Å². The van der Waals surface area contributed by atoms with Crippen molar-refractivity contribution in [2.24, 2.45) is 5.92 Å². The molecule has 5 heteroatoms. The van der Waals surface area contributed by atoms with Crippen molar-refractivity contribution in [2.75, 3.05) is 19.7 Å². The van der Waals surface area contributed by atoms with Gasteiger partial charge in [0.2, 0.25) is 0 Å². The van der Waals surface area contributed by atoms with Gasteiger partial charge in [-0.2, -0.15) is 0 Å². The Bertz CT molecular complexity index is 935. The lowest BCUT2D eigenvalue weighted by atomic mass is 9.98. The number of fused-ring (bicyclic) bond motifs is 1. The number of carbonyl (C=O) groups is 1. The summed E-state index contributed by atoms with van der Waals surface area (Å²) in [6.07, 6.45) is 4.66. The van der Waals surface area contributed by atoms with E-state index in [9.17, 15) is 9.90 Å². The first kappa shape index (κ1) is 18.7. The van der Waals surface area contributed by atoms with Crippen molar-refractivity contribution in [1.29, 1.82) is 0 Å². The molecular formula is C23H26N2O3. The van der Waals surface area contributed by atoms with Crippen LogP contribution in [0.25, 0.3) is 11.1 Å². The Balaban J connectivity index is 1.42. The molecule has 1 atom stereocenters. The molecule has 1 unspecified atom stereocenters. The summed E-state index contributed by atoms with van der Waals surface area (Å²) in [5, 5.41) is 9.39. The van der Waals surface area contributed by atoms with Crippen LogP contribution in [0, 0.1) is 5.92 Å². The molecule has 1 saturated heterocycles. The number of carbonyl (C=O) groups excluding carboxylic acids is 1. The number of aryl methyl sites for hydroxylation is 2. The number of hydrogen-bond acceptors (Lipinski definition) is 4. The third kappa shape index (κ3) is 4.25. The first-order chi connectivity index (χ1) is 13.7. The largest absolute Gasteiger partial charge is 0.441 e. The van der Waals surface area contributed by atoms with Gasteiger partial charge in [0.15, 0.2) is 11.5 Å². The molecule has 1 aliphatic heterocycles. The molecule has 2 aromatic carbocycles. The van der Waals surface area contributed by atoms with Gasteiger partial charge in [-0.25, -0.2) is 4.98 Å². The minimum atomic E-state index is 0.00803. The average Bonchev–Trinajstić information content (AvgIpc) is 3.16. The summed E-state index contributed by atoms with van der Waals surface area (Å²) < 4.78 is 5.85. The van der Waals surface area contributed by atoms with E-state index < -0.39 is 0 Å². The van der Waals surface area contributed by atoms with Crippen LogP contribution in [0.15, 0.2) is 52.9 Å². The molecule has 146 valence electrons. The zero-order valence-electron chi connectivity index (χ0n) is 16.0. The average molecular weight is 378 g/mol. The lowest BCUT2D eigenvalue weighted by Crippen LogP contribution is -2.40. The van der Waals surface area contributed by atoms with Crippen molar-refractivity contribution in [2.45, 2.75) is 32.1 Å². The van der Waals surface area contributed by atoms with Gasteiger partial charge in [0.1, 0.15) is 5.52 Å². The zero-order chi connectivity index (χ0) is 19.3. The van der Waals surface area contributed by atoms with Crippen LogP contribution in [0.5, 0.6) is 0 Å². The molecule has 0 bridgehead atoms. The van der Waals surface area contributed by atoms with Gasteiger partial charge in [-0.05, 0) is 55.4 Å². The molecule has 0 spiro atoms. The van der Waals surface area contributed by atoms with Gasteiger partial charge in [0, 0.05) is 31.7 Å². The lowest BCUT2D eigenvalue weighted by Gasteiger charge is -2.31. The quantitative estimate of drug-likeness (QED) is 0.708. The number of rotatable bonds is 6. The Kier molecular flexibility index (Phi) is 5.72. The molecule has 4 rings (SSSR count). The molecular weight excluding hydrogens is 352 g/mol. The second kappa shape index (κ2) is 8.57. The highest BCUT2D eigenvalue weighted by Gasteiger charge is 2.24. The number of aliphatic hydroxyl groups is 1. The standard InChI is InChI=1S/C23H26N2O3/c26-16-18-9-5-13-25(15-18)23(27)19-11-12-21-20(14-19)24-22(28-21)10-4-8-17-6-2-1-3-7-17/h1-3,6-7,11-12,14,18,26H,4-5,8-10,13,15-16H2. The molecule has 5 nitrogen and oxygen atoms in total. The Morgan fingerprint density at radius 2 is 2.04 bits per heavy atom. The van der Waals surface area contributed by atoms with Gasteiger partial charge in [0.25, 0.3) is 5.91 Å². The van der Waals surface area contributed by atoms with E-state index in [4.69, 9.17) is 4.42 Å². The molecule has 0 saturated carbocycles. The van der Waals surface area contributed by atoms with Crippen LogP contribution in [-0.2, 0) is 12.8 Å². The molecule has 1 N–H and O–H groups in total. The highest BCUT2D eigenvalue weighted by molar-refractivity contribution is 5.97. The van der Waals surface area contributed by atoms with Crippen molar-refractivity contribution < 1.29 is 14.3 Å². The molecule has 1 aromatic heterocycles. The van der Waals surface area contributed by atoms with Gasteiger partial charge in [-0.15, -0.1) is 0 Å². The summed E-state index contributed by atoms with van der Waals surface area (Å²) in [5.74, 6) is 0.909. The molecule has 1 aliphatic rings. The maximum absolute atomic E-state index is 12.8. The number of oxazole rings is 1. The van der Waals surface area contributed by atoms with E-state index in [1.165, 1.54) is 5.56 Å². The third-order valence-electron chi connectivity index (χ3n) is 5.44. The molecule has 1 fully saturated rings. The highest BCUT2D eigenvalue weighted by atomic mass is 16.3. The van der Waals surface area contributed by atoms with Crippen molar-refractivity contribution in [3.8, 4) is 0 Å². The summed E-state index contributed by atoms with van der Waals surface area (Å²) in [4.78, 5) is 19.3. The Morgan fingerprint density at radius 1 is 1.18 bits per heavy atom. The molecule has 2 heterocycles.